The Balaban J connectivity index is 2.27. The molecule has 0 aliphatic rings. The van der Waals surface area contributed by atoms with Crippen LogP contribution in [-0.4, -0.2) is 14.8 Å². The highest BCUT2D eigenvalue weighted by molar-refractivity contribution is 9.10. The fraction of sp³-hybridized carbons (Fsp3) is 0.0769. The molecule has 2 aromatic heterocycles. The summed E-state index contributed by atoms with van der Waals surface area (Å²) in [5, 5.41) is 5.49. The number of nitrogens with zero attached hydrogens (tertiary/aromatic N) is 3. The summed E-state index contributed by atoms with van der Waals surface area (Å²) in [6.07, 6.45) is 3.69. The van der Waals surface area contributed by atoms with E-state index in [9.17, 15) is 0 Å². The van der Waals surface area contributed by atoms with Crippen LogP contribution in [0.1, 0.15) is 5.56 Å². The smallest absolute Gasteiger partial charge is 0.168 e. The predicted octanol–water partition coefficient (Wildman–Crippen LogP) is 3.49. The summed E-state index contributed by atoms with van der Waals surface area (Å²) >= 11 is 3.53. The maximum Gasteiger partial charge on any atom is 0.168 e. The monoisotopic (exact) mass is 287 g/mol. The number of hydrogen-bond donors (Lipinski definition) is 0. The van der Waals surface area contributed by atoms with Crippen LogP contribution >= 0.6 is 15.9 Å². The zero-order chi connectivity index (χ0) is 11.8. The van der Waals surface area contributed by atoms with Gasteiger partial charge in [-0.3, -0.25) is 0 Å². The third-order valence-corrected chi connectivity index (χ3v) is 3.22. The molecule has 0 saturated heterocycles. The topological polar surface area (TPSA) is 30.7 Å². The number of aromatic nitrogens is 3. The molecular weight excluding hydrogens is 278 g/mol. The van der Waals surface area contributed by atoms with Crippen molar-refractivity contribution in [3.8, 4) is 5.82 Å². The molecule has 0 atom stereocenters. The Morgan fingerprint density at radius 2 is 2.00 bits per heavy atom. The molecule has 84 valence electrons. The van der Waals surface area contributed by atoms with Crippen molar-refractivity contribution in [2.24, 2.45) is 0 Å². The summed E-state index contributed by atoms with van der Waals surface area (Å²) in [5.41, 5.74) is 2.18. The lowest BCUT2D eigenvalue weighted by molar-refractivity contribution is 0.867. The second-order valence-corrected chi connectivity index (χ2v) is 4.79. The summed E-state index contributed by atoms with van der Waals surface area (Å²) in [5.74, 6) is 0.816. The number of para-hydroxylation sites is 1. The minimum atomic E-state index is 0.816. The van der Waals surface area contributed by atoms with Gasteiger partial charge < -0.3 is 0 Å². The van der Waals surface area contributed by atoms with E-state index in [4.69, 9.17) is 0 Å². The first-order valence-corrected chi connectivity index (χ1v) is 6.10. The van der Waals surface area contributed by atoms with Crippen LogP contribution in [-0.2, 0) is 0 Å². The first kappa shape index (κ1) is 10.5. The van der Waals surface area contributed by atoms with Crippen molar-refractivity contribution in [3.63, 3.8) is 0 Å². The molecule has 0 aliphatic heterocycles. The number of pyridine rings is 1. The highest BCUT2D eigenvalue weighted by atomic mass is 79.9. The molecule has 0 radical (unpaired) electrons. The molecule has 0 aliphatic carbocycles. The SMILES string of the molecule is Cc1cnc(-n2ncc3ccccc32)c(Br)c1. The van der Waals surface area contributed by atoms with Gasteiger partial charge in [0.2, 0.25) is 0 Å². The number of rotatable bonds is 1. The lowest BCUT2D eigenvalue weighted by Gasteiger charge is -2.05. The highest BCUT2D eigenvalue weighted by Gasteiger charge is 2.08. The average molecular weight is 288 g/mol. The third-order valence-electron chi connectivity index (χ3n) is 2.64. The number of aryl methyl sites for hydroxylation is 1. The van der Waals surface area contributed by atoms with Gasteiger partial charge in [-0.05, 0) is 40.5 Å². The van der Waals surface area contributed by atoms with Crippen LogP contribution in [0.15, 0.2) is 47.2 Å². The Morgan fingerprint density at radius 3 is 2.82 bits per heavy atom. The van der Waals surface area contributed by atoms with Gasteiger partial charge in [0.25, 0.3) is 0 Å². The molecule has 0 spiro atoms. The van der Waals surface area contributed by atoms with E-state index >= 15 is 0 Å². The Labute approximate surface area is 107 Å². The van der Waals surface area contributed by atoms with Gasteiger partial charge in [0, 0.05) is 11.6 Å². The molecule has 4 heteroatoms. The summed E-state index contributed by atoms with van der Waals surface area (Å²) < 4.78 is 2.80. The third kappa shape index (κ3) is 1.74. The van der Waals surface area contributed by atoms with Crippen molar-refractivity contribution < 1.29 is 0 Å². The zero-order valence-corrected chi connectivity index (χ0v) is 10.8. The largest absolute Gasteiger partial charge is 0.236 e. The summed E-state index contributed by atoms with van der Waals surface area (Å²) in [6, 6.07) is 10.1. The van der Waals surface area contributed by atoms with E-state index in [0.29, 0.717) is 0 Å². The van der Waals surface area contributed by atoms with Gasteiger partial charge in [-0.1, -0.05) is 18.2 Å². The molecule has 0 unspecified atom stereocenters. The van der Waals surface area contributed by atoms with E-state index in [2.05, 4.69) is 26.0 Å². The van der Waals surface area contributed by atoms with Gasteiger partial charge in [0.15, 0.2) is 5.82 Å². The molecule has 1 aromatic carbocycles. The van der Waals surface area contributed by atoms with Crippen molar-refractivity contribution in [1.29, 1.82) is 0 Å². The van der Waals surface area contributed by atoms with Gasteiger partial charge in [0.1, 0.15) is 0 Å². The number of fused-ring (bicyclic) bond motifs is 1. The molecular formula is C13H10BrN3. The van der Waals surface area contributed by atoms with Crippen LogP contribution in [0.25, 0.3) is 16.7 Å². The van der Waals surface area contributed by atoms with Crippen LogP contribution < -0.4 is 0 Å². The van der Waals surface area contributed by atoms with Gasteiger partial charge in [-0.15, -0.1) is 0 Å². The summed E-state index contributed by atoms with van der Waals surface area (Å²) in [6.45, 7) is 2.02. The van der Waals surface area contributed by atoms with E-state index in [1.165, 1.54) is 0 Å². The van der Waals surface area contributed by atoms with Crippen LogP contribution in [0.5, 0.6) is 0 Å². The molecule has 0 fully saturated rings. The molecule has 3 aromatic rings. The van der Waals surface area contributed by atoms with E-state index in [1.54, 1.807) is 0 Å². The van der Waals surface area contributed by atoms with Crippen molar-refractivity contribution >= 4 is 26.8 Å². The van der Waals surface area contributed by atoms with Gasteiger partial charge in [0.05, 0.1) is 16.2 Å². The summed E-state index contributed by atoms with van der Waals surface area (Å²) in [4.78, 5) is 4.42. The second kappa shape index (κ2) is 3.96. The molecule has 0 amide bonds. The predicted molar refractivity (Wildman–Crippen MR) is 71.3 cm³/mol. The van der Waals surface area contributed by atoms with Crippen LogP contribution in [0, 0.1) is 6.92 Å². The Hall–Kier alpha value is -1.68. The molecule has 0 N–H and O–H groups in total. The standard InChI is InChI=1S/C13H10BrN3/c1-9-6-11(14)13(15-7-9)17-12-5-3-2-4-10(12)8-16-17/h2-8H,1H3. The second-order valence-electron chi connectivity index (χ2n) is 3.93. The van der Waals surface area contributed by atoms with Crippen LogP contribution in [0.4, 0.5) is 0 Å². The zero-order valence-electron chi connectivity index (χ0n) is 9.26. The van der Waals surface area contributed by atoms with Crippen molar-refractivity contribution in [3.05, 3.63) is 52.8 Å². The first-order chi connectivity index (χ1) is 8.25. The molecule has 0 bridgehead atoms. The van der Waals surface area contributed by atoms with E-state index in [-0.39, 0.29) is 0 Å². The maximum atomic E-state index is 4.42. The number of benzene rings is 1. The van der Waals surface area contributed by atoms with E-state index in [1.807, 2.05) is 54.3 Å². The number of halogens is 1. The normalized spacial score (nSPS) is 10.9. The number of hydrogen-bond acceptors (Lipinski definition) is 2. The Bertz CT molecular complexity index is 688. The van der Waals surface area contributed by atoms with Crippen molar-refractivity contribution in [2.75, 3.05) is 0 Å². The quantitative estimate of drug-likeness (QED) is 0.686. The van der Waals surface area contributed by atoms with Gasteiger partial charge in [-0.2, -0.15) is 5.10 Å². The maximum absolute atomic E-state index is 4.42. The Morgan fingerprint density at radius 1 is 1.18 bits per heavy atom. The molecule has 2 heterocycles. The minimum absolute atomic E-state index is 0.816. The van der Waals surface area contributed by atoms with E-state index < -0.39 is 0 Å². The minimum Gasteiger partial charge on any atom is -0.236 e. The lowest BCUT2D eigenvalue weighted by Crippen LogP contribution is -2.00. The van der Waals surface area contributed by atoms with Gasteiger partial charge in [-0.25, -0.2) is 9.67 Å². The average Bonchev–Trinajstić information content (AvgIpc) is 2.73. The molecule has 3 rings (SSSR count). The van der Waals surface area contributed by atoms with Crippen LogP contribution in [0.3, 0.4) is 0 Å². The molecule has 3 nitrogen and oxygen atoms in total. The lowest BCUT2D eigenvalue weighted by atomic mass is 10.2. The van der Waals surface area contributed by atoms with E-state index in [0.717, 1.165) is 26.8 Å². The van der Waals surface area contributed by atoms with Crippen molar-refractivity contribution in [2.45, 2.75) is 6.92 Å². The summed E-state index contributed by atoms with van der Waals surface area (Å²) in [7, 11) is 0. The first-order valence-electron chi connectivity index (χ1n) is 5.31. The Kier molecular flexibility index (Phi) is 2.44. The van der Waals surface area contributed by atoms with Gasteiger partial charge >= 0.3 is 0 Å². The molecule has 0 saturated carbocycles. The highest BCUT2D eigenvalue weighted by Crippen LogP contribution is 2.23. The van der Waals surface area contributed by atoms with Crippen molar-refractivity contribution in [1.82, 2.24) is 14.8 Å². The molecule has 17 heavy (non-hydrogen) atoms. The fourth-order valence-electron chi connectivity index (χ4n) is 1.82. The van der Waals surface area contributed by atoms with Crippen LogP contribution in [0.2, 0.25) is 0 Å². The fourth-order valence-corrected chi connectivity index (χ4v) is 2.45.